The minimum absolute atomic E-state index is 0.407. The van der Waals surface area contributed by atoms with Gasteiger partial charge in [0.2, 0.25) is 0 Å². The van der Waals surface area contributed by atoms with Crippen LogP contribution in [-0.4, -0.2) is 60.2 Å². The van der Waals surface area contributed by atoms with Gasteiger partial charge in [-0.25, -0.2) is 0 Å². The first kappa shape index (κ1) is 16.3. The zero-order valence-electron chi connectivity index (χ0n) is 12.4. The van der Waals surface area contributed by atoms with Crippen LogP contribution in [0.25, 0.3) is 0 Å². The van der Waals surface area contributed by atoms with Crippen molar-refractivity contribution in [3.05, 3.63) is 28.2 Å². The van der Waals surface area contributed by atoms with Crippen LogP contribution >= 0.6 is 15.9 Å². The van der Waals surface area contributed by atoms with Gasteiger partial charge >= 0.3 is 5.97 Å². The molecule has 1 N–H and O–H groups in total. The zero-order chi connectivity index (χ0) is 15.4. The first-order valence-electron chi connectivity index (χ1n) is 7.03. The number of rotatable bonds is 5. The molecule has 0 spiro atoms. The average molecular weight is 357 g/mol. The number of benzene rings is 1. The van der Waals surface area contributed by atoms with Gasteiger partial charge in [-0.15, -0.1) is 0 Å². The van der Waals surface area contributed by atoms with Gasteiger partial charge in [-0.3, -0.25) is 14.6 Å². The lowest BCUT2D eigenvalue weighted by Crippen LogP contribution is -2.51. The molecule has 1 aromatic rings. The molecule has 0 aromatic heterocycles. The number of carboxylic acids is 1. The van der Waals surface area contributed by atoms with Gasteiger partial charge in [0.05, 0.1) is 7.11 Å². The van der Waals surface area contributed by atoms with Gasteiger partial charge in [-0.05, 0) is 30.7 Å². The van der Waals surface area contributed by atoms with E-state index < -0.39 is 12.0 Å². The van der Waals surface area contributed by atoms with Gasteiger partial charge in [-0.2, -0.15) is 0 Å². The summed E-state index contributed by atoms with van der Waals surface area (Å²) in [5, 5.41) is 9.05. The summed E-state index contributed by atoms with van der Waals surface area (Å²) in [5.74, 6) is 0.102. The predicted molar refractivity (Wildman–Crippen MR) is 84.6 cm³/mol. The SMILES string of the molecule is COc1ccc(Br)c(CN2CCN(C(C)C(=O)O)CC2)c1. The Labute approximate surface area is 133 Å². The Morgan fingerprint density at radius 2 is 2.05 bits per heavy atom. The van der Waals surface area contributed by atoms with Gasteiger partial charge in [0.25, 0.3) is 0 Å². The summed E-state index contributed by atoms with van der Waals surface area (Å²) in [5.41, 5.74) is 1.19. The van der Waals surface area contributed by atoms with Crippen LogP contribution in [0, 0.1) is 0 Å². The number of aliphatic carboxylic acids is 1. The summed E-state index contributed by atoms with van der Waals surface area (Å²) < 4.78 is 6.33. The number of piperazine rings is 1. The molecule has 21 heavy (non-hydrogen) atoms. The van der Waals surface area contributed by atoms with Crippen molar-refractivity contribution < 1.29 is 14.6 Å². The summed E-state index contributed by atoms with van der Waals surface area (Å²) in [4.78, 5) is 15.4. The van der Waals surface area contributed by atoms with Crippen LogP contribution in [0.5, 0.6) is 5.75 Å². The normalized spacial score (nSPS) is 18.4. The molecule has 0 saturated carbocycles. The molecule has 0 radical (unpaired) electrons. The highest BCUT2D eigenvalue weighted by atomic mass is 79.9. The van der Waals surface area contributed by atoms with Crippen molar-refractivity contribution in [2.45, 2.75) is 19.5 Å². The van der Waals surface area contributed by atoms with Crippen LogP contribution in [0.2, 0.25) is 0 Å². The van der Waals surface area contributed by atoms with Gasteiger partial charge in [0, 0.05) is 37.2 Å². The Balaban J connectivity index is 1.93. The Morgan fingerprint density at radius 3 is 2.62 bits per heavy atom. The number of hydrogen-bond acceptors (Lipinski definition) is 4. The molecule has 1 unspecified atom stereocenters. The molecule has 1 fully saturated rings. The highest BCUT2D eigenvalue weighted by Crippen LogP contribution is 2.24. The van der Waals surface area contributed by atoms with Crippen molar-refractivity contribution in [1.29, 1.82) is 0 Å². The monoisotopic (exact) mass is 356 g/mol. The Morgan fingerprint density at radius 1 is 1.38 bits per heavy atom. The fraction of sp³-hybridized carbons (Fsp3) is 0.533. The van der Waals surface area contributed by atoms with Crippen LogP contribution in [0.1, 0.15) is 12.5 Å². The number of ether oxygens (including phenoxy) is 1. The van der Waals surface area contributed by atoms with Crippen molar-refractivity contribution in [3.63, 3.8) is 0 Å². The maximum absolute atomic E-state index is 11.0. The molecule has 1 aromatic carbocycles. The maximum Gasteiger partial charge on any atom is 0.320 e. The molecule has 1 aliphatic rings. The summed E-state index contributed by atoms with van der Waals surface area (Å²) in [6.07, 6.45) is 0. The molecular formula is C15H21BrN2O3. The van der Waals surface area contributed by atoms with Gasteiger partial charge in [0.15, 0.2) is 0 Å². The molecular weight excluding hydrogens is 336 g/mol. The zero-order valence-corrected chi connectivity index (χ0v) is 14.0. The average Bonchev–Trinajstić information content (AvgIpc) is 2.49. The van der Waals surface area contributed by atoms with Crippen molar-refractivity contribution in [2.75, 3.05) is 33.3 Å². The van der Waals surface area contributed by atoms with Gasteiger partial charge in [0.1, 0.15) is 11.8 Å². The van der Waals surface area contributed by atoms with Crippen LogP contribution in [0.3, 0.4) is 0 Å². The van der Waals surface area contributed by atoms with Crippen LogP contribution in [0.15, 0.2) is 22.7 Å². The number of hydrogen-bond donors (Lipinski definition) is 1. The van der Waals surface area contributed by atoms with E-state index in [1.165, 1.54) is 5.56 Å². The number of nitrogens with zero attached hydrogens (tertiary/aromatic N) is 2. The molecule has 1 saturated heterocycles. The topological polar surface area (TPSA) is 53.0 Å². The lowest BCUT2D eigenvalue weighted by atomic mass is 10.1. The first-order chi connectivity index (χ1) is 10.0. The summed E-state index contributed by atoms with van der Waals surface area (Å²) in [7, 11) is 1.67. The second-order valence-corrected chi connectivity index (χ2v) is 6.14. The third kappa shape index (κ3) is 4.18. The van der Waals surface area contributed by atoms with Crippen LogP contribution in [0.4, 0.5) is 0 Å². The number of methoxy groups -OCH3 is 1. The fourth-order valence-corrected chi connectivity index (χ4v) is 2.88. The summed E-state index contributed by atoms with van der Waals surface area (Å²) in [6, 6.07) is 5.56. The minimum Gasteiger partial charge on any atom is -0.497 e. The third-order valence-electron chi connectivity index (χ3n) is 3.96. The fourth-order valence-electron chi connectivity index (χ4n) is 2.51. The molecule has 5 nitrogen and oxygen atoms in total. The minimum atomic E-state index is -0.751. The van der Waals surface area contributed by atoms with E-state index in [-0.39, 0.29) is 0 Å². The van der Waals surface area contributed by atoms with Crippen molar-refractivity contribution >= 4 is 21.9 Å². The Kier molecular flexibility index (Phi) is 5.61. The summed E-state index contributed by atoms with van der Waals surface area (Å²) in [6.45, 7) is 5.91. The first-order valence-corrected chi connectivity index (χ1v) is 7.82. The van der Waals surface area contributed by atoms with E-state index in [9.17, 15) is 4.79 Å². The number of halogens is 1. The maximum atomic E-state index is 11.0. The van der Waals surface area contributed by atoms with E-state index >= 15 is 0 Å². The van der Waals surface area contributed by atoms with Crippen molar-refractivity contribution in [3.8, 4) is 5.75 Å². The molecule has 0 aliphatic carbocycles. The number of carbonyl (C=O) groups is 1. The molecule has 1 atom stereocenters. The molecule has 1 heterocycles. The lowest BCUT2D eigenvalue weighted by molar-refractivity contribution is -0.143. The quantitative estimate of drug-likeness (QED) is 0.874. The lowest BCUT2D eigenvalue weighted by Gasteiger charge is -2.36. The van der Waals surface area contributed by atoms with Crippen LogP contribution < -0.4 is 4.74 Å². The molecule has 2 rings (SSSR count). The third-order valence-corrected chi connectivity index (χ3v) is 4.73. The van der Waals surface area contributed by atoms with E-state index in [0.29, 0.717) is 0 Å². The van der Waals surface area contributed by atoms with E-state index in [1.54, 1.807) is 14.0 Å². The second kappa shape index (κ2) is 7.24. The Bertz CT molecular complexity index is 502. The smallest absolute Gasteiger partial charge is 0.320 e. The van der Waals surface area contributed by atoms with Gasteiger partial charge in [-0.1, -0.05) is 15.9 Å². The largest absolute Gasteiger partial charge is 0.497 e. The van der Waals surface area contributed by atoms with Crippen molar-refractivity contribution in [1.82, 2.24) is 9.80 Å². The summed E-state index contributed by atoms with van der Waals surface area (Å²) >= 11 is 3.57. The van der Waals surface area contributed by atoms with E-state index in [1.807, 2.05) is 23.1 Å². The van der Waals surface area contributed by atoms with E-state index in [4.69, 9.17) is 9.84 Å². The standard InChI is InChI=1S/C15H21BrN2O3/c1-11(15(19)20)18-7-5-17(6-8-18)10-12-9-13(21-2)3-4-14(12)16/h3-4,9,11H,5-8,10H2,1-2H3,(H,19,20). The Hall–Kier alpha value is -1.11. The van der Waals surface area contributed by atoms with E-state index in [0.717, 1.165) is 42.9 Å². The highest BCUT2D eigenvalue weighted by molar-refractivity contribution is 9.10. The van der Waals surface area contributed by atoms with Gasteiger partial charge < -0.3 is 9.84 Å². The highest BCUT2D eigenvalue weighted by Gasteiger charge is 2.25. The molecule has 6 heteroatoms. The van der Waals surface area contributed by atoms with Crippen molar-refractivity contribution in [2.24, 2.45) is 0 Å². The predicted octanol–water partition coefficient (Wildman–Crippen LogP) is 2.05. The molecule has 116 valence electrons. The number of carboxylic acid groups (broad SMARTS) is 1. The second-order valence-electron chi connectivity index (χ2n) is 5.28. The molecule has 0 amide bonds. The van der Waals surface area contributed by atoms with E-state index in [2.05, 4.69) is 20.8 Å². The molecule has 1 aliphatic heterocycles. The molecule has 0 bridgehead atoms. The van der Waals surface area contributed by atoms with Crippen LogP contribution in [-0.2, 0) is 11.3 Å².